The molecule has 3 nitrogen and oxygen atoms in total. The minimum Gasteiger partial charge on any atom is -0.294 e. The van der Waals surface area contributed by atoms with Crippen molar-refractivity contribution in [3.05, 3.63) is 54.6 Å². The number of nitrogens with zero attached hydrogens (tertiary/aromatic N) is 2. The molecule has 2 aromatic rings. The van der Waals surface area contributed by atoms with E-state index in [0.717, 1.165) is 5.69 Å². The van der Waals surface area contributed by atoms with Gasteiger partial charge in [0.2, 0.25) is 0 Å². The summed E-state index contributed by atoms with van der Waals surface area (Å²) < 4.78 is 11.8. The van der Waals surface area contributed by atoms with E-state index in [2.05, 4.69) is 15.2 Å². The third kappa shape index (κ3) is 2.63. The molecule has 2 rings (SSSR count). The van der Waals surface area contributed by atoms with Crippen molar-refractivity contribution in [3.63, 3.8) is 0 Å². The molecule has 0 atom stereocenters. The van der Waals surface area contributed by atoms with E-state index in [-0.39, 0.29) is 5.75 Å². The van der Waals surface area contributed by atoms with Crippen LogP contribution in [0.4, 0.5) is 15.9 Å². The first-order valence-corrected chi connectivity index (χ1v) is 4.74. The molecule has 0 radical (unpaired) electrons. The van der Waals surface area contributed by atoms with E-state index in [1.165, 1.54) is 12.1 Å². The summed E-state index contributed by atoms with van der Waals surface area (Å²) in [5.74, 6) is 0.152. The maximum absolute atomic E-state index is 11.8. The summed E-state index contributed by atoms with van der Waals surface area (Å²) in [6, 6.07) is 15.6. The van der Waals surface area contributed by atoms with Crippen LogP contribution in [0.1, 0.15) is 0 Å². The third-order valence-electron chi connectivity index (χ3n) is 1.96. The fourth-order valence-corrected chi connectivity index (χ4v) is 1.17. The van der Waals surface area contributed by atoms with E-state index in [1.807, 2.05) is 30.3 Å². The highest BCUT2D eigenvalue weighted by molar-refractivity contribution is 5.42. The molecule has 0 saturated carbocycles. The molecule has 2 aromatic carbocycles. The van der Waals surface area contributed by atoms with Crippen LogP contribution < -0.4 is 4.94 Å². The van der Waals surface area contributed by atoms with E-state index >= 15 is 0 Å². The van der Waals surface area contributed by atoms with Crippen molar-refractivity contribution >= 4 is 11.4 Å². The molecular weight excluding hydrogens is 207 g/mol. The van der Waals surface area contributed by atoms with Crippen molar-refractivity contribution in [3.8, 4) is 5.75 Å². The summed E-state index contributed by atoms with van der Waals surface area (Å²) in [5.41, 5.74) is 1.41. The van der Waals surface area contributed by atoms with Crippen LogP contribution in [-0.2, 0) is 0 Å². The molecule has 0 amide bonds. The standard InChI is InChI=1S/C12H9FN2O/c13-16-12-8-6-11(7-9-12)15-14-10-4-2-1-3-5-10/h1-9H. The maximum atomic E-state index is 11.8. The van der Waals surface area contributed by atoms with E-state index in [1.54, 1.807) is 12.1 Å². The van der Waals surface area contributed by atoms with E-state index in [4.69, 9.17) is 0 Å². The number of hydrogen-bond acceptors (Lipinski definition) is 3. The molecule has 16 heavy (non-hydrogen) atoms. The molecule has 0 spiro atoms. The molecule has 0 heterocycles. The number of rotatable bonds is 3. The summed E-state index contributed by atoms with van der Waals surface area (Å²) >= 11 is 0. The van der Waals surface area contributed by atoms with Gasteiger partial charge in [-0.3, -0.25) is 4.94 Å². The fourth-order valence-electron chi connectivity index (χ4n) is 1.17. The largest absolute Gasteiger partial charge is 0.294 e. The number of halogens is 1. The Bertz CT molecular complexity index is 468. The van der Waals surface area contributed by atoms with Gasteiger partial charge in [-0.15, -0.1) is 0 Å². The highest BCUT2D eigenvalue weighted by Gasteiger charge is 1.93. The third-order valence-corrected chi connectivity index (χ3v) is 1.96. The van der Waals surface area contributed by atoms with Crippen molar-refractivity contribution in [1.82, 2.24) is 0 Å². The van der Waals surface area contributed by atoms with Crippen molar-refractivity contribution < 1.29 is 9.47 Å². The average molecular weight is 216 g/mol. The van der Waals surface area contributed by atoms with Crippen molar-refractivity contribution in [2.75, 3.05) is 0 Å². The Hall–Kier alpha value is -2.23. The quantitative estimate of drug-likeness (QED) is 0.701. The first kappa shape index (κ1) is 10.3. The number of azo groups is 1. The lowest BCUT2D eigenvalue weighted by molar-refractivity contribution is -0.00618. The smallest absolute Gasteiger partial charge is 0.172 e. The predicted molar refractivity (Wildman–Crippen MR) is 58.8 cm³/mol. The van der Waals surface area contributed by atoms with E-state index < -0.39 is 0 Å². The Balaban J connectivity index is 2.12. The highest BCUT2D eigenvalue weighted by atomic mass is 19.3. The second-order valence-electron chi connectivity index (χ2n) is 3.11. The zero-order chi connectivity index (χ0) is 11.2. The van der Waals surface area contributed by atoms with Crippen molar-refractivity contribution in [2.45, 2.75) is 0 Å². The van der Waals surface area contributed by atoms with Gasteiger partial charge in [0.05, 0.1) is 11.4 Å². The Morgan fingerprint density at radius 3 is 1.88 bits per heavy atom. The van der Waals surface area contributed by atoms with Crippen molar-refractivity contribution in [1.29, 1.82) is 0 Å². The molecule has 0 aliphatic heterocycles. The Kier molecular flexibility index (Phi) is 3.23. The van der Waals surface area contributed by atoms with Crippen LogP contribution in [0.5, 0.6) is 5.75 Å². The van der Waals surface area contributed by atoms with Gasteiger partial charge in [0.1, 0.15) is 0 Å². The van der Waals surface area contributed by atoms with Crippen LogP contribution in [0.2, 0.25) is 0 Å². The monoisotopic (exact) mass is 216 g/mol. The highest BCUT2D eigenvalue weighted by Crippen LogP contribution is 2.20. The van der Waals surface area contributed by atoms with Crippen LogP contribution in [0, 0.1) is 0 Å². The minimum absolute atomic E-state index is 0.152. The number of benzene rings is 2. The topological polar surface area (TPSA) is 34.0 Å². The Morgan fingerprint density at radius 1 is 0.750 bits per heavy atom. The van der Waals surface area contributed by atoms with Crippen LogP contribution in [0.15, 0.2) is 64.8 Å². The summed E-state index contributed by atoms with van der Waals surface area (Å²) in [6.45, 7) is 0. The molecule has 0 aliphatic carbocycles. The number of hydrogen-bond donors (Lipinski definition) is 0. The zero-order valence-electron chi connectivity index (χ0n) is 8.38. The molecule has 0 bridgehead atoms. The Labute approximate surface area is 92.1 Å². The van der Waals surface area contributed by atoms with Crippen LogP contribution in [0.25, 0.3) is 0 Å². The summed E-state index contributed by atoms with van der Waals surface area (Å²) in [5, 5.41) is 8.02. The lowest BCUT2D eigenvalue weighted by atomic mass is 10.3. The molecule has 0 N–H and O–H groups in total. The molecule has 0 aromatic heterocycles. The molecule has 0 fully saturated rings. The normalized spacial score (nSPS) is 10.6. The lowest BCUT2D eigenvalue weighted by Gasteiger charge is -1.94. The zero-order valence-corrected chi connectivity index (χ0v) is 8.38. The second kappa shape index (κ2) is 5.02. The maximum Gasteiger partial charge on any atom is 0.172 e. The minimum atomic E-state index is 0.152. The van der Waals surface area contributed by atoms with Crippen LogP contribution >= 0.6 is 0 Å². The van der Waals surface area contributed by atoms with Gasteiger partial charge in [-0.25, -0.2) is 0 Å². The SMILES string of the molecule is FOc1ccc(N=Nc2ccccc2)cc1. The predicted octanol–water partition coefficient (Wildman–Crippen LogP) is 4.37. The summed E-state index contributed by atoms with van der Waals surface area (Å²) in [4.78, 5) is 3.56. The molecule has 0 unspecified atom stereocenters. The molecular formula is C12H9FN2O. The molecule has 80 valence electrons. The van der Waals surface area contributed by atoms with Crippen molar-refractivity contribution in [2.24, 2.45) is 10.2 Å². The van der Waals surface area contributed by atoms with Gasteiger partial charge in [-0.2, -0.15) is 10.2 Å². The van der Waals surface area contributed by atoms with Gasteiger partial charge in [0.15, 0.2) is 5.75 Å². The lowest BCUT2D eigenvalue weighted by Crippen LogP contribution is -1.73. The van der Waals surface area contributed by atoms with E-state index in [9.17, 15) is 4.53 Å². The van der Waals surface area contributed by atoms with Gasteiger partial charge in [-0.05, 0) is 36.4 Å². The Morgan fingerprint density at radius 2 is 1.31 bits per heavy atom. The summed E-state index contributed by atoms with van der Waals surface area (Å²) in [6.07, 6.45) is 0. The van der Waals surface area contributed by atoms with Crippen LogP contribution in [-0.4, -0.2) is 0 Å². The second-order valence-corrected chi connectivity index (χ2v) is 3.11. The van der Waals surface area contributed by atoms with Gasteiger partial charge >= 0.3 is 0 Å². The van der Waals surface area contributed by atoms with E-state index in [0.29, 0.717) is 5.69 Å². The first-order chi connectivity index (χ1) is 7.88. The van der Waals surface area contributed by atoms with Gasteiger partial charge in [0, 0.05) is 4.53 Å². The molecule has 0 saturated heterocycles. The molecule has 4 heteroatoms. The first-order valence-electron chi connectivity index (χ1n) is 4.74. The van der Waals surface area contributed by atoms with Gasteiger partial charge in [-0.1, -0.05) is 18.2 Å². The fraction of sp³-hybridized carbons (Fsp3) is 0. The average Bonchev–Trinajstić information content (AvgIpc) is 2.38. The van der Waals surface area contributed by atoms with Gasteiger partial charge in [0.25, 0.3) is 0 Å². The molecule has 0 aliphatic rings. The summed E-state index contributed by atoms with van der Waals surface area (Å²) in [7, 11) is 0. The van der Waals surface area contributed by atoms with Gasteiger partial charge < -0.3 is 0 Å². The van der Waals surface area contributed by atoms with Crippen LogP contribution in [0.3, 0.4) is 0 Å².